The van der Waals surface area contributed by atoms with Gasteiger partial charge in [-0.25, -0.2) is 13.4 Å². The molecule has 0 aromatic carbocycles. The Morgan fingerprint density at radius 3 is 3.00 bits per heavy atom. The van der Waals surface area contributed by atoms with Crippen molar-refractivity contribution >= 4 is 15.7 Å². The molecule has 3 N–H and O–H groups in total. The number of hydrogen-bond acceptors (Lipinski definition) is 5. The number of aromatic nitrogens is 2. The normalized spacial score (nSPS) is 21.9. The van der Waals surface area contributed by atoms with Gasteiger partial charge in [-0.15, -0.1) is 0 Å². The van der Waals surface area contributed by atoms with Gasteiger partial charge in [0.2, 0.25) is 0 Å². The van der Waals surface area contributed by atoms with Crippen LogP contribution in [0.3, 0.4) is 0 Å². The summed E-state index contributed by atoms with van der Waals surface area (Å²) in [5.41, 5.74) is 5.68. The molecule has 1 atom stereocenters. The van der Waals surface area contributed by atoms with Gasteiger partial charge < -0.3 is 15.6 Å². The second kappa shape index (κ2) is 5.07. The Morgan fingerprint density at radius 1 is 1.61 bits per heavy atom. The summed E-state index contributed by atoms with van der Waals surface area (Å²) in [5, 5.41) is 2.68. The zero-order valence-corrected chi connectivity index (χ0v) is 10.7. The van der Waals surface area contributed by atoms with Gasteiger partial charge in [0.25, 0.3) is 5.91 Å². The number of carbonyl (C=O) groups excluding carboxylic acids is 1. The van der Waals surface area contributed by atoms with E-state index in [9.17, 15) is 13.2 Å². The maximum atomic E-state index is 11.8. The summed E-state index contributed by atoms with van der Waals surface area (Å²) < 4.78 is 24.2. The van der Waals surface area contributed by atoms with Gasteiger partial charge in [0.05, 0.1) is 17.8 Å². The summed E-state index contributed by atoms with van der Waals surface area (Å²) >= 11 is 0. The van der Waals surface area contributed by atoms with Crippen LogP contribution in [0.5, 0.6) is 0 Å². The molecule has 0 aliphatic carbocycles. The van der Waals surface area contributed by atoms with Crippen molar-refractivity contribution < 1.29 is 13.2 Å². The molecule has 8 heteroatoms. The van der Waals surface area contributed by atoms with Gasteiger partial charge in [0.15, 0.2) is 9.84 Å². The number of carbonyl (C=O) groups is 1. The van der Waals surface area contributed by atoms with Crippen molar-refractivity contribution in [2.45, 2.75) is 19.0 Å². The summed E-state index contributed by atoms with van der Waals surface area (Å²) in [6, 6.07) is -0.304. The van der Waals surface area contributed by atoms with Crippen LogP contribution in [0.2, 0.25) is 0 Å². The average Bonchev–Trinajstić information content (AvgIpc) is 2.86. The van der Waals surface area contributed by atoms with Crippen molar-refractivity contribution in [2.24, 2.45) is 5.73 Å². The molecule has 1 aromatic rings. The molecular formula is C10H16N4O3S. The molecule has 1 aliphatic heterocycles. The van der Waals surface area contributed by atoms with Gasteiger partial charge in [-0.1, -0.05) is 0 Å². The molecule has 0 bridgehead atoms. The van der Waals surface area contributed by atoms with Gasteiger partial charge in [-0.2, -0.15) is 0 Å². The number of hydrogen-bond donors (Lipinski definition) is 2. The first-order valence-electron chi connectivity index (χ1n) is 5.73. The quantitative estimate of drug-likeness (QED) is 0.713. The lowest BCUT2D eigenvalue weighted by molar-refractivity contribution is 0.0936. The minimum absolute atomic E-state index is 0.0161. The molecule has 1 unspecified atom stereocenters. The van der Waals surface area contributed by atoms with Crippen LogP contribution in [0.25, 0.3) is 0 Å². The third-order valence-electron chi connectivity index (χ3n) is 2.82. The van der Waals surface area contributed by atoms with Crippen molar-refractivity contribution in [3.8, 4) is 0 Å². The molecule has 0 saturated carbocycles. The second-order valence-electron chi connectivity index (χ2n) is 4.36. The van der Waals surface area contributed by atoms with E-state index in [4.69, 9.17) is 5.73 Å². The largest absolute Gasteiger partial charge is 0.347 e. The first kappa shape index (κ1) is 13.0. The smallest absolute Gasteiger partial charge is 0.271 e. The van der Waals surface area contributed by atoms with E-state index in [2.05, 4.69) is 10.3 Å². The van der Waals surface area contributed by atoms with Crippen molar-refractivity contribution in [1.29, 1.82) is 0 Å². The fourth-order valence-electron chi connectivity index (χ4n) is 1.92. The first-order valence-corrected chi connectivity index (χ1v) is 7.55. The Kier molecular flexibility index (Phi) is 3.67. The Balaban J connectivity index is 1.95. The third-order valence-corrected chi connectivity index (χ3v) is 4.59. The molecule has 1 aliphatic rings. The van der Waals surface area contributed by atoms with E-state index in [-0.39, 0.29) is 29.1 Å². The SMILES string of the molecule is NCCn1cnc(C(=O)NC2CCS(=O)(=O)C2)c1. The van der Waals surface area contributed by atoms with Crippen molar-refractivity contribution in [2.75, 3.05) is 18.1 Å². The minimum Gasteiger partial charge on any atom is -0.347 e. The average molecular weight is 272 g/mol. The number of rotatable bonds is 4. The van der Waals surface area contributed by atoms with Gasteiger partial charge in [0, 0.05) is 25.3 Å². The highest BCUT2D eigenvalue weighted by molar-refractivity contribution is 7.91. The molecule has 7 nitrogen and oxygen atoms in total. The maximum Gasteiger partial charge on any atom is 0.271 e. The molecule has 100 valence electrons. The number of sulfone groups is 1. The van der Waals surface area contributed by atoms with Gasteiger partial charge in [0.1, 0.15) is 5.69 Å². The molecule has 1 amide bonds. The zero-order valence-electron chi connectivity index (χ0n) is 9.87. The lowest BCUT2D eigenvalue weighted by Crippen LogP contribution is -2.35. The first-order chi connectivity index (χ1) is 8.50. The highest BCUT2D eigenvalue weighted by Crippen LogP contribution is 2.11. The molecular weight excluding hydrogens is 256 g/mol. The van der Waals surface area contributed by atoms with Gasteiger partial charge in [-0.3, -0.25) is 4.79 Å². The lowest BCUT2D eigenvalue weighted by Gasteiger charge is -2.08. The predicted molar refractivity (Wildman–Crippen MR) is 65.8 cm³/mol. The Morgan fingerprint density at radius 2 is 2.39 bits per heavy atom. The molecule has 0 radical (unpaired) electrons. The molecule has 2 heterocycles. The van der Waals surface area contributed by atoms with E-state index in [1.807, 2.05) is 0 Å². The third kappa shape index (κ3) is 3.08. The molecule has 2 rings (SSSR count). The van der Waals surface area contributed by atoms with Crippen LogP contribution in [-0.2, 0) is 16.4 Å². The molecule has 1 fully saturated rings. The van der Waals surface area contributed by atoms with E-state index in [1.54, 1.807) is 10.8 Å². The fraction of sp³-hybridized carbons (Fsp3) is 0.600. The number of nitrogens with one attached hydrogen (secondary N) is 1. The van der Waals surface area contributed by atoms with Crippen LogP contribution >= 0.6 is 0 Å². The summed E-state index contributed by atoms with van der Waals surface area (Å²) in [5.74, 6) is -0.185. The van der Waals surface area contributed by atoms with Gasteiger partial charge >= 0.3 is 0 Å². The highest BCUT2D eigenvalue weighted by Gasteiger charge is 2.29. The standard InChI is InChI=1S/C10H16N4O3S/c11-2-3-14-5-9(12-7-14)10(15)13-8-1-4-18(16,17)6-8/h5,7-8H,1-4,6,11H2,(H,13,15). The van der Waals surface area contributed by atoms with Crippen LogP contribution in [0.4, 0.5) is 0 Å². The Hall–Kier alpha value is -1.41. The summed E-state index contributed by atoms with van der Waals surface area (Å²) in [6.45, 7) is 1.07. The number of nitrogens with zero attached hydrogens (tertiary/aromatic N) is 2. The van der Waals surface area contributed by atoms with E-state index >= 15 is 0 Å². The molecule has 1 aromatic heterocycles. The summed E-state index contributed by atoms with van der Waals surface area (Å²) in [7, 11) is -2.98. The summed E-state index contributed by atoms with van der Waals surface area (Å²) in [6.07, 6.45) is 3.61. The Labute approximate surface area is 105 Å². The number of amides is 1. The van der Waals surface area contributed by atoms with E-state index in [0.29, 0.717) is 19.5 Å². The van der Waals surface area contributed by atoms with Crippen molar-refractivity contribution in [1.82, 2.24) is 14.9 Å². The molecule has 0 spiro atoms. The monoisotopic (exact) mass is 272 g/mol. The second-order valence-corrected chi connectivity index (χ2v) is 6.59. The van der Waals surface area contributed by atoms with Crippen LogP contribution in [-0.4, -0.2) is 48.0 Å². The van der Waals surface area contributed by atoms with Crippen LogP contribution in [0.1, 0.15) is 16.9 Å². The topological polar surface area (TPSA) is 107 Å². The number of nitrogens with two attached hydrogens (primary N) is 1. The van der Waals surface area contributed by atoms with Gasteiger partial charge in [-0.05, 0) is 6.42 Å². The van der Waals surface area contributed by atoms with Crippen LogP contribution < -0.4 is 11.1 Å². The van der Waals surface area contributed by atoms with Crippen LogP contribution in [0, 0.1) is 0 Å². The Bertz CT molecular complexity index is 537. The molecule has 18 heavy (non-hydrogen) atoms. The van der Waals surface area contributed by atoms with E-state index < -0.39 is 9.84 Å². The predicted octanol–water partition coefficient (Wildman–Crippen LogP) is -1.24. The van der Waals surface area contributed by atoms with E-state index in [1.165, 1.54) is 6.33 Å². The maximum absolute atomic E-state index is 11.8. The van der Waals surface area contributed by atoms with Crippen molar-refractivity contribution in [3.63, 3.8) is 0 Å². The highest BCUT2D eigenvalue weighted by atomic mass is 32.2. The van der Waals surface area contributed by atoms with Crippen LogP contribution in [0.15, 0.2) is 12.5 Å². The summed E-state index contributed by atoms with van der Waals surface area (Å²) in [4.78, 5) is 15.8. The fourth-order valence-corrected chi connectivity index (χ4v) is 3.59. The van der Waals surface area contributed by atoms with Crippen molar-refractivity contribution in [3.05, 3.63) is 18.2 Å². The lowest BCUT2D eigenvalue weighted by atomic mass is 10.2. The van der Waals surface area contributed by atoms with E-state index in [0.717, 1.165) is 0 Å². The zero-order chi connectivity index (χ0) is 13.2. The number of imidazole rings is 1. The minimum atomic E-state index is -2.98. The molecule has 1 saturated heterocycles.